The molecule has 1 aromatic carbocycles. The molecule has 20 heavy (non-hydrogen) atoms. The number of phenols is 2. The zero-order chi connectivity index (χ0) is 14.5. The van der Waals surface area contributed by atoms with Crippen LogP contribution in [0.3, 0.4) is 0 Å². The third-order valence-electron chi connectivity index (χ3n) is 2.97. The van der Waals surface area contributed by atoms with E-state index in [4.69, 9.17) is 5.26 Å². The minimum absolute atomic E-state index is 0.0368. The molecule has 1 aromatic heterocycles. The summed E-state index contributed by atoms with van der Waals surface area (Å²) < 4.78 is 24.0. The van der Waals surface area contributed by atoms with Crippen LogP contribution in [0.15, 0.2) is 22.0 Å². The molecule has 3 rings (SSSR count). The second kappa shape index (κ2) is 3.91. The quantitative estimate of drug-likeness (QED) is 0.697. The highest BCUT2D eigenvalue weighted by Crippen LogP contribution is 2.47. The number of pyridine rings is 1. The molecule has 0 spiro atoms. The summed E-state index contributed by atoms with van der Waals surface area (Å²) >= 11 is 0. The van der Waals surface area contributed by atoms with E-state index in [9.17, 15) is 18.6 Å². The van der Waals surface area contributed by atoms with E-state index < -0.39 is 26.2 Å². The van der Waals surface area contributed by atoms with Gasteiger partial charge in [-0.2, -0.15) is 5.26 Å². The topological polar surface area (TPSA) is 124 Å². The van der Waals surface area contributed by atoms with Gasteiger partial charge < -0.3 is 10.2 Å². The molecule has 0 saturated carbocycles. The van der Waals surface area contributed by atoms with Crippen molar-refractivity contribution >= 4 is 32.6 Å². The number of fused-ring (bicyclic) bond motifs is 2. The molecule has 0 fully saturated rings. The highest BCUT2D eigenvalue weighted by molar-refractivity contribution is 7.92. The minimum atomic E-state index is -3.75. The van der Waals surface area contributed by atoms with E-state index >= 15 is 0 Å². The van der Waals surface area contributed by atoms with E-state index in [1.54, 1.807) is 6.07 Å². The summed E-state index contributed by atoms with van der Waals surface area (Å²) in [5, 5.41) is 29.1. The average molecular weight is 289 g/mol. The van der Waals surface area contributed by atoms with Crippen molar-refractivity contribution in [2.24, 2.45) is 4.99 Å². The highest BCUT2D eigenvalue weighted by atomic mass is 32.2. The smallest absolute Gasteiger partial charge is 0.189 e. The molecule has 0 aliphatic carbocycles. The molecule has 0 bridgehead atoms. The van der Waals surface area contributed by atoms with Gasteiger partial charge >= 0.3 is 0 Å². The lowest BCUT2D eigenvalue weighted by Gasteiger charge is -2.15. The van der Waals surface area contributed by atoms with Crippen molar-refractivity contribution in [3.63, 3.8) is 0 Å². The van der Waals surface area contributed by atoms with Gasteiger partial charge in [0.1, 0.15) is 33.6 Å². The summed E-state index contributed by atoms with van der Waals surface area (Å²) in [4.78, 5) is 7.28. The third-order valence-corrected chi connectivity index (χ3v) is 4.57. The number of sulfone groups is 1. The van der Waals surface area contributed by atoms with Crippen molar-refractivity contribution in [3.8, 4) is 17.6 Å². The lowest BCUT2D eigenvalue weighted by molar-refractivity contribution is 0.455. The van der Waals surface area contributed by atoms with E-state index in [0.29, 0.717) is 0 Å². The number of phenolic OH excluding ortho intramolecular Hbond substituents is 2. The van der Waals surface area contributed by atoms with Gasteiger partial charge in [-0.3, -0.25) is 4.99 Å². The standard InChI is InChI=1S/C12H7N3O4S/c13-5-6-1-2-7-8(15-6)11(17)9-12(10(7)16)20(18,19)4-3-14-9/h1-3,16-17H,4H2. The van der Waals surface area contributed by atoms with Gasteiger partial charge in [-0.15, -0.1) is 0 Å². The molecular weight excluding hydrogens is 282 g/mol. The van der Waals surface area contributed by atoms with Crippen molar-refractivity contribution in [1.29, 1.82) is 5.26 Å². The van der Waals surface area contributed by atoms with Crippen molar-refractivity contribution in [2.75, 3.05) is 5.75 Å². The zero-order valence-electron chi connectivity index (χ0n) is 9.90. The summed E-state index contributed by atoms with van der Waals surface area (Å²) in [6, 6.07) is 4.46. The summed E-state index contributed by atoms with van der Waals surface area (Å²) in [5.74, 6) is -1.33. The highest BCUT2D eigenvalue weighted by Gasteiger charge is 2.31. The molecule has 0 unspecified atom stereocenters. The maximum absolute atomic E-state index is 12.0. The SMILES string of the molecule is N#Cc1ccc2c(O)c3c(c(O)c2n1)N=CCS3(=O)=O. The van der Waals surface area contributed by atoms with E-state index in [2.05, 4.69) is 9.98 Å². The van der Waals surface area contributed by atoms with Crippen molar-refractivity contribution < 1.29 is 18.6 Å². The van der Waals surface area contributed by atoms with E-state index in [1.807, 2.05) is 0 Å². The largest absolute Gasteiger partial charge is 0.506 e. The first-order valence-electron chi connectivity index (χ1n) is 5.49. The minimum Gasteiger partial charge on any atom is -0.506 e. The molecule has 1 aliphatic heterocycles. The number of aromatic nitrogens is 1. The Morgan fingerprint density at radius 1 is 1.25 bits per heavy atom. The van der Waals surface area contributed by atoms with Crippen LogP contribution in [-0.2, 0) is 9.84 Å². The molecule has 2 heterocycles. The number of aliphatic imine (C=N–C) groups is 1. The van der Waals surface area contributed by atoms with E-state index in [-0.39, 0.29) is 28.0 Å². The van der Waals surface area contributed by atoms with Crippen LogP contribution in [0, 0.1) is 11.3 Å². The molecule has 100 valence electrons. The second-order valence-electron chi connectivity index (χ2n) is 4.17. The summed E-state index contributed by atoms with van der Waals surface area (Å²) in [5.41, 5.74) is -0.270. The van der Waals surface area contributed by atoms with Crippen LogP contribution in [0.25, 0.3) is 10.9 Å². The van der Waals surface area contributed by atoms with Gasteiger partial charge in [-0.1, -0.05) is 0 Å². The lowest BCUT2D eigenvalue weighted by Crippen LogP contribution is -2.12. The molecule has 2 N–H and O–H groups in total. The summed E-state index contributed by atoms with van der Waals surface area (Å²) in [7, 11) is -3.75. The predicted octanol–water partition coefficient (Wildman–Crippen LogP) is 1.01. The number of aromatic hydroxyl groups is 2. The summed E-state index contributed by atoms with van der Waals surface area (Å²) in [6.07, 6.45) is 1.14. The first kappa shape index (κ1) is 12.4. The molecule has 0 atom stereocenters. The summed E-state index contributed by atoms with van der Waals surface area (Å²) in [6.45, 7) is 0. The number of benzene rings is 1. The fraction of sp³-hybridized carbons (Fsp3) is 0.0833. The van der Waals surface area contributed by atoms with Crippen LogP contribution in [-0.4, -0.2) is 35.6 Å². The Morgan fingerprint density at radius 2 is 2.00 bits per heavy atom. The van der Waals surface area contributed by atoms with E-state index in [1.165, 1.54) is 12.1 Å². The lowest BCUT2D eigenvalue weighted by atomic mass is 10.1. The number of hydrogen-bond donors (Lipinski definition) is 2. The Balaban J connectivity index is 2.56. The van der Waals surface area contributed by atoms with Gasteiger partial charge in [0.05, 0.1) is 5.75 Å². The second-order valence-corrected chi connectivity index (χ2v) is 6.14. The van der Waals surface area contributed by atoms with Crippen LogP contribution < -0.4 is 0 Å². The maximum Gasteiger partial charge on any atom is 0.189 e. The molecule has 0 amide bonds. The average Bonchev–Trinajstić information content (AvgIpc) is 2.43. The van der Waals surface area contributed by atoms with Crippen LogP contribution in [0.2, 0.25) is 0 Å². The molecule has 8 heteroatoms. The molecule has 2 aromatic rings. The Morgan fingerprint density at radius 3 is 2.70 bits per heavy atom. The van der Waals surface area contributed by atoms with Gasteiger partial charge in [0.15, 0.2) is 15.6 Å². The number of hydrogen-bond acceptors (Lipinski definition) is 7. The number of nitrogens with zero attached hydrogens (tertiary/aromatic N) is 3. The van der Waals surface area contributed by atoms with Crippen molar-refractivity contribution in [3.05, 3.63) is 17.8 Å². The van der Waals surface area contributed by atoms with Gasteiger partial charge in [-0.05, 0) is 12.1 Å². The zero-order valence-corrected chi connectivity index (χ0v) is 10.7. The van der Waals surface area contributed by atoms with Gasteiger partial charge in [-0.25, -0.2) is 13.4 Å². The fourth-order valence-electron chi connectivity index (χ4n) is 2.07. The fourth-order valence-corrected chi connectivity index (χ4v) is 3.36. The number of rotatable bonds is 0. The van der Waals surface area contributed by atoms with Crippen LogP contribution >= 0.6 is 0 Å². The van der Waals surface area contributed by atoms with Crippen LogP contribution in [0.1, 0.15) is 5.69 Å². The number of nitriles is 1. The Labute approximate surface area is 113 Å². The third kappa shape index (κ3) is 1.53. The van der Waals surface area contributed by atoms with E-state index in [0.717, 1.165) is 6.21 Å². The molecular formula is C12H7N3O4S. The van der Waals surface area contributed by atoms with Crippen molar-refractivity contribution in [1.82, 2.24) is 4.98 Å². The van der Waals surface area contributed by atoms with Gasteiger partial charge in [0.2, 0.25) is 0 Å². The Kier molecular flexibility index (Phi) is 2.42. The van der Waals surface area contributed by atoms with Crippen molar-refractivity contribution in [2.45, 2.75) is 4.90 Å². The molecule has 1 aliphatic rings. The van der Waals surface area contributed by atoms with Gasteiger partial charge in [0.25, 0.3) is 0 Å². The molecule has 0 saturated heterocycles. The molecule has 0 radical (unpaired) electrons. The maximum atomic E-state index is 12.0. The van der Waals surface area contributed by atoms with Crippen LogP contribution in [0.5, 0.6) is 11.5 Å². The predicted molar refractivity (Wildman–Crippen MR) is 70.0 cm³/mol. The molecule has 7 nitrogen and oxygen atoms in total. The van der Waals surface area contributed by atoms with Crippen LogP contribution in [0.4, 0.5) is 5.69 Å². The monoisotopic (exact) mass is 289 g/mol. The normalized spacial score (nSPS) is 15.8. The first-order chi connectivity index (χ1) is 9.45. The first-order valence-corrected chi connectivity index (χ1v) is 7.15. The Hall–Kier alpha value is -2.66. The Bertz CT molecular complexity index is 926. The van der Waals surface area contributed by atoms with Gasteiger partial charge in [0, 0.05) is 11.6 Å².